The highest BCUT2D eigenvalue weighted by Gasteiger charge is 2.21. The van der Waals surface area contributed by atoms with Crippen molar-refractivity contribution < 1.29 is 0 Å². The number of nitrogens with zero attached hydrogens (tertiary/aromatic N) is 3. The van der Waals surface area contributed by atoms with Crippen LogP contribution < -0.4 is 11.1 Å². The lowest BCUT2D eigenvalue weighted by molar-refractivity contribution is 0.536. The molecule has 1 atom stereocenters. The highest BCUT2D eigenvalue weighted by atomic mass is 15.2. The summed E-state index contributed by atoms with van der Waals surface area (Å²) < 4.78 is 2.13. The Bertz CT molecular complexity index is 352. The molecule has 76 valence electrons. The predicted octanol–water partition coefficient (Wildman–Crippen LogP) is 0.423. The van der Waals surface area contributed by atoms with Gasteiger partial charge in [0.1, 0.15) is 0 Å². The molecule has 0 saturated carbocycles. The van der Waals surface area contributed by atoms with Gasteiger partial charge in [-0.2, -0.15) is 0 Å². The number of guanidine groups is 1. The minimum atomic E-state index is 0.180. The SMILES string of the molecule is CC(C)n1cncc1C1CN=C(N)N1. The molecule has 5 heteroatoms. The Balaban J connectivity index is 2.21. The Morgan fingerprint density at radius 3 is 3.00 bits per heavy atom. The van der Waals surface area contributed by atoms with E-state index in [1.807, 2.05) is 12.5 Å². The number of rotatable bonds is 2. The van der Waals surface area contributed by atoms with Crippen LogP contribution in [0.4, 0.5) is 0 Å². The number of nitrogens with one attached hydrogen (secondary N) is 1. The zero-order chi connectivity index (χ0) is 10.1. The second-order valence-electron chi connectivity index (χ2n) is 3.74. The molecule has 0 amide bonds. The maximum absolute atomic E-state index is 5.57. The van der Waals surface area contributed by atoms with Crippen LogP contribution in [0.1, 0.15) is 31.6 Å². The topological polar surface area (TPSA) is 68.2 Å². The van der Waals surface area contributed by atoms with Gasteiger partial charge in [0.2, 0.25) is 0 Å². The molecule has 0 fully saturated rings. The van der Waals surface area contributed by atoms with Crippen LogP contribution in [0, 0.1) is 0 Å². The summed E-state index contributed by atoms with van der Waals surface area (Å²) in [6.07, 6.45) is 3.71. The minimum Gasteiger partial charge on any atom is -0.370 e. The molecule has 0 aliphatic carbocycles. The monoisotopic (exact) mass is 193 g/mol. The fourth-order valence-corrected chi connectivity index (χ4v) is 1.64. The molecule has 0 radical (unpaired) electrons. The lowest BCUT2D eigenvalue weighted by Crippen LogP contribution is -2.30. The molecule has 1 aliphatic rings. The van der Waals surface area contributed by atoms with Gasteiger partial charge in [0.05, 0.1) is 30.8 Å². The molecule has 5 nitrogen and oxygen atoms in total. The third-order valence-electron chi connectivity index (χ3n) is 2.38. The quantitative estimate of drug-likeness (QED) is 0.715. The minimum absolute atomic E-state index is 0.180. The fourth-order valence-electron chi connectivity index (χ4n) is 1.64. The lowest BCUT2D eigenvalue weighted by Gasteiger charge is -2.16. The zero-order valence-electron chi connectivity index (χ0n) is 8.44. The maximum Gasteiger partial charge on any atom is 0.189 e. The van der Waals surface area contributed by atoms with Crippen molar-refractivity contribution in [3.05, 3.63) is 18.2 Å². The first-order chi connectivity index (χ1) is 6.68. The highest BCUT2D eigenvalue weighted by molar-refractivity contribution is 5.80. The van der Waals surface area contributed by atoms with Crippen LogP contribution in [0.25, 0.3) is 0 Å². The molecule has 1 aromatic rings. The number of hydrogen-bond acceptors (Lipinski definition) is 4. The standard InChI is InChI=1S/C9H15N5/c1-6(2)14-5-11-4-8(14)7-3-12-9(10)13-7/h4-7H,3H2,1-2H3,(H3,10,12,13). The molecule has 0 bridgehead atoms. The molecule has 0 spiro atoms. The molecule has 1 aromatic heterocycles. The molecular weight excluding hydrogens is 178 g/mol. The van der Waals surface area contributed by atoms with Crippen LogP contribution in [0.5, 0.6) is 0 Å². The number of aromatic nitrogens is 2. The summed E-state index contributed by atoms with van der Waals surface area (Å²) >= 11 is 0. The van der Waals surface area contributed by atoms with Gasteiger partial charge in [-0.3, -0.25) is 4.99 Å². The highest BCUT2D eigenvalue weighted by Crippen LogP contribution is 2.19. The van der Waals surface area contributed by atoms with Crippen LogP contribution >= 0.6 is 0 Å². The van der Waals surface area contributed by atoms with E-state index in [1.54, 1.807) is 0 Å². The molecule has 1 unspecified atom stereocenters. The number of aliphatic imine (C=N–C) groups is 1. The second kappa shape index (κ2) is 3.32. The van der Waals surface area contributed by atoms with Crippen molar-refractivity contribution in [3.8, 4) is 0 Å². The van der Waals surface area contributed by atoms with Crippen LogP contribution in [0.2, 0.25) is 0 Å². The van der Waals surface area contributed by atoms with E-state index in [4.69, 9.17) is 5.73 Å². The van der Waals surface area contributed by atoms with Gasteiger partial charge in [-0.05, 0) is 13.8 Å². The van der Waals surface area contributed by atoms with Gasteiger partial charge >= 0.3 is 0 Å². The number of nitrogens with two attached hydrogens (primary N) is 1. The summed E-state index contributed by atoms with van der Waals surface area (Å²) in [5, 5.41) is 3.12. The van der Waals surface area contributed by atoms with E-state index in [0.717, 1.165) is 5.69 Å². The van der Waals surface area contributed by atoms with E-state index >= 15 is 0 Å². The van der Waals surface area contributed by atoms with Gasteiger partial charge < -0.3 is 15.6 Å². The van der Waals surface area contributed by atoms with Crippen LogP contribution in [-0.4, -0.2) is 22.1 Å². The van der Waals surface area contributed by atoms with Gasteiger partial charge in [0, 0.05) is 6.04 Å². The van der Waals surface area contributed by atoms with Crippen molar-refractivity contribution in [3.63, 3.8) is 0 Å². The molecule has 14 heavy (non-hydrogen) atoms. The smallest absolute Gasteiger partial charge is 0.189 e. The fraction of sp³-hybridized carbons (Fsp3) is 0.556. The van der Waals surface area contributed by atoms with Crippen molar-refractivity contribution in [2.75, 3.05) is 6.54 Å². The van der Waals surface area contributed by atoms with Crippen LogP contribution in [0.3, 0.4) is 0 Å². The van der Waals surface area contributed by atoms with Crippen molar-refractivity contribution in [2.45, 2.75) is 25.9 Å². The Hall–Kier alpha value is -1.52. The van der Waals surface area contributed by atoms with Crippen molar-refractivity contribution >= 4 is 5.96 Å². The molecule has 2 rings (SSSR count). The molecule has 0 saturated heterocycles. The van der Waals surface area contributed by atoms with E-state index in [-0.39, 0.29) is 6.04 Å². The average Bonchev–Trinajstić information content (AvgIpc) is 2.70. The Labute approximate surface area is 83.0 Å². The molecule has 1 aliphatic heterocycles. The Kier molecular flexibility index (Phi) is 2.15. The van der Waals surface area contributed by atoms with E-state index in [2.05, 4.69) is 33.7 Å². The average molecular weight is 193 g/mol. The van der Waals surface area contributed by atoms with Crippen LogP contribution in [0.15, 0.2) is 17.5 Å². The Morgan fingerprint density at radius 2 is 2.43 bits per heavy atom. The molecule has 3 N–H and O–H groups in total. The summed E-state index contributed by atoms with van der Waals surface area (Å²) in [7, 11) is 0. The molecular formula is C9H15N5. The maximum atomic E-state index is 5.57. The number of hydrogen-bond donors (Lipinski definition) is 2. The summed E-state index contributed by atoms with van der Waals surface area (Å²) in [6.45, 7) is 4.96. The first kappa shape index (κ1) is 9.05. The lowest BCUT2D eigenvalue weighted by atomic mass is 10.2. The van der Waals surface area contributed by atoms with Gasteiger partial charge in [-0.15, -0.1) is 0 Å². The Morgan fingerprint density at radius 1 is 1.64 bits per heavy atom. The van der Waals surface area contributed by atoms with Crippen molar-refractivity contribution in [1.82, 2.24) is 14.9 Å². The largest absolute Gasteiger partial charge is 0.370 e. The molecule has 2 heterocycles. The second-order valence-corrected chi connectivity index (χ2v) is 3.74. The summed E-state index contributed by atoms with van der Waals surface area (Å²) in [5.74, 6) is 0.520. The predicted molar refractivity (Wildman–Crippen MR) is 55.0 cm³/mol. The van der Waals surface area contributed by atoms with Gasteiger partial charge in [-0.25, -0.2) is 4.98 Å². The summed E-state index contributed by atoms with van der Waals surface area (Å²) in [5.41, 5.74) is 6.71. The van der Waals surface area contributed by atoms with Crippen LogP contribution in [-0.2, 0) is 0 Å². The number of imidazole rings is 1. The first-order valence-electron chi connectivity index (χ1n) is 4.76. The van der Waals surface area contributed by atoms with Gasteiger partial charge in [-0.1, -0.05) is 0 Å². The van der Waals surface area contributed by atoms with E-state index in [1.165, 1.54) is 0 Å². The molecule has 0 aromatic carbocycles. The van der Waals surface area contributed by atoms with Gasteiger partial charge in [0.15, 0.2) is 5.96 Å². The zero-order valence-corrected chi connectivity index (χ0v) is 8.44. The van der Waals surface area contributed by atoms with E-state index in [9.17, 15) is 0 Å². The first-order valence-corrected chi connectivity index (χ1v) is 4.76. The van der Waals surface area contributed by atoms with Crippen molar-refractivity contribution in [1.29, 1.82) is 0 Å². The van der Waals surface area contributed by atoms with Gasteiger partial charge in [0.25, 0.3) is 0 Å². The summed E-state index contributed by atoms with van der Waals surface area (Å²) in [6, 6.07) is 0.594. The summed E-state index contributed by atoms with van der Waals surface area (Å²) in [4.78, 5) is 8.26. The van der Waals surface area contributed by atoms with E-state index < -0.39 is 0 Å². The third-order valence-corrected chi connectivity index (χ3v) is 2.38. The third kappa shape index (κ3) is 1.45. The normalized spacial score (nSPS) is 21.1. The van der Waals surface area contributed by atoms with E-state index in [0.29, 0.717) is 18.5 Å². The van der Waals surface area contributed by atoms with Crippen molar-refractivity contribution in [2.24, 2.45) is 10.7 Å².